The van der Waals surface area contributed by atoms with Gasteiger partial charge in [0.05, 0.1) is 23.5 Å². The van der Waals surface area contributed by atoms with E-state index in [0.717, 1.165) is 41.9 Å². The van der Waals surface area contributed by atoms with E-state index in [4.69, 9.17) is 27.1 Å². The van der Waals surface area contributed by atoms with Gasteiger partial charge in [0.25, 0.3) is 0 Å². The summed E-state index contributed by atoms with van der Waals surface area (Å²) in [5, 5.41) is 5.02. The van der Waals surface area contributed by atoms with Crippen LogP contribution in [0.25, 0.3) is 5.69 Å². The smallest absolute Gasteiger partial charge is 0.209 e. The first kappa shape index (κ1) is 34.2. The minimum absolute atomic E-state index is 0. The molecule has 45 heavy (non-hydrogen) atoms. The summed E-state index contributed by atoms with van der Waals surface area (Å²) in [6.45, 7) is 0. The lowest BCUT2D eigenvalue weighted by molar-refractivity contribution is 0.414. The molecule has 0 aliphatic heterocycles. The molecule has 1 aliphatic carbocycles. The molecular weight excluding hydrogens is 644 g/mol. The molecule has 3 aromatic carbocycles. The molecule has 1 aromatic heterocycles. The second-order valence-electron chi connectivity index (χ2n) is 10.3. The van der Waals surface area contributed by atoms with Crippen molar-refractivity contribution < 1.29 is 17.9 Å². The molecule has 0 saturated carbocycles. The lowest BCUT2D eigenvalue weighted by Gasteiger charge is -2.26. The van der Waals surface area contributed by atoms with E-state index in [1.165, 1.54) is 43.1 Å². The van der Waals surface area contributed by atoms with Crippen LogP contribution >= 0.6 is 35.8 Å². The number of hydrogen-bond acceptors (Lipinski definition) is 5. The Kier molecular flexibility index (Phi) is 11.8. The van der Waals surface area contributed by atoms with Crippen molar-refractivity contribution >= 4 is 47.9 Å². The highest BCUT2D eigenvalue weighted by Crippen LogP contribution is 2.42. The van der Waals surface area contributed by atoms with Gasteiger partial charge in [0.2, 0.25) is 5.96 Å². The highest BCUT2D eigenvalue weighted by molar-refractivity contribution is 7.98. The van der Waals surface area contributed by atoms with Crippen LogP contribution in [0.3, 0.4) is 0 Å². The molecule has 0 radical (unpaired) electrons. The average Bonchev–Trinajstić information content (AvgIpc) is 3.39. The molecule has 0 amide bonds. The summed E-state index contributed by atoms with van der Waals surface area (Å²) >= 11 is 7.55. The third-order valence-corrected chi connectivity index (χ3v) is 8.75. The lowest BCUT2D eigenvalue weighted by atomic mass is 9.84. The van der Waals surface area contributed by atoms with E-state index in [-0.39, 0.29) is 41.4 Å². The third-order valence-electron chi connectivity index (χ3n) is 7.48. The van der Waals surface area contributed by atoms with E-state index in [1.54, 1.807) is 25.5 Å². The quantitative estimate of drug-likeness (QED) is 0.0782. The van der Waals surface area contributed by atoms with E-state index >= 15 is 8.78 Å². The maximum absolute atomic E-state index is 15.2. The summed E-state index contributed by atoms with van der Waals surface area (Å²) in [4.78, 5) is 8.67. The van der Waals surface area contributed by atoms with Crippen LogP contribution in [-0.2, 0) is 18.6 Å². The maximum Gasteiger partial charge on any atom is 0.209 e. The van der Waals surface area contributed by atoms with Crippen molar-refractivity contribution in [1.29, 1.82) is 0 Å². The second kappa shape index (κ2) is 15.6. The third kappa shape index (κ3) is 7.95. The summed E-state index contributed by atoms with van der Waals surface area (Å²) in [7, 11) is 3.11. The van der Waals surface area contributed by atoms with Crippen LogP contribution in [0, 0.1) is 17.5 Å². The highest BCUT2D eigenvalue weighted by atomic mass is 35.5. The molecule has 1 heterocycles. The van der Waals surface area contributed by atoms with Gasteiger partial charge in [-0.1, -0.05) is 29.4 Å². The Hall–Kier alpha value is -3.67. The number of benzene rings is 3. The standard InChI is InChI=1S/C32H32ClF3N6OS.ClH/c1-38-31(37)41-39-14-4-5-19-15-26(35)24(27(36)16-19)18-44-32-40-28-7-3-6-23(20-8-13-25(33)29(17-20)43-2)30(28)42(32)22-11-9-21(34)10-12-22;/h8-17,23H,3-7,18H2,1-2H3,(H3,37,38,41);1H. The number of imidazole rings is 1. The topological polar surface area (TPSA) is 89.8 Å². The van der Waals surface area contributed by atoms with E-state index in [1.807, 2.05) is 22.8 Å². The molecule has 3 N–H and O–H groups in total. The molecule has 0 saturated heterocycles. The van der Waals surface area contributed by atoms with Gasteiger partial charge in [-0.3, -0.25) is 9.56 Å². The number of hydrogen-bond donors (Lipinski definition) is 2. The zero-order valence-corrected chi connectivity index (χ0v) is 27.1. The minimum atomic E-state index is -0.624. The maximum atomic E-state index is 15.2. The van der Waals surface area contributed by atoms with Gasteiger partial charge in [-0.15, -0.1) is 12.4 Å². The Morgan fingerprint density at radius 3 is 2.58 bits per heavy atom. The van der Waals surface area contributed by atoms with Crippen molar-refractivity contribution in [3.05, 3.63) is 105 Å². The molecule has 1 unspecified atom stereocenters. The normalized spacial score (nSPS) is 14.7. The number of aryl methyl sites for hydroxylation is 2. The molecule has 0 fully saturated rings. The van der Waals surface area contributed by atoms with E-state index < -0.39 is 11.6 Å². The SMILES string of the molecule is CN=C(N)NN=CCCc1cc(F)c(CSc2nc3c(n2-c2ccc(F)cc2)C(c2ccc(Cl)c(OC)c2)CCC3)c(F)c1.Cl. The summed E-state index contributed by atoms with van der Waals surface area (Å²) in [5.74, 6) is -0.873. The van der Waals surface area contributed by atoms with Crippen molar-refractivity contribution in [1.82, 2.24) is 15.0 Å². The Bertz CT molecular complexity index is 1670. The van der Waals surface area contributed by atoms with Gasteiger partial charge in [-0.25, -0.2) is 23.6 Å². The van der Waals surface area contributed by atoms with Crippen LogP contribution in [-0.4, -0.2) is 35.9 Å². The fourth-order valence-corrected chi connectivity index (χ4v) is 6.54. The number of thioether (sulfide) groups is 1. The van der Waals surface area contributed by atoms with Gasteiger partial charge in [0.1, 0.15) is 23.2 Å². The molecule has 238 valence electrons. The van der Waals surface area contributed by atoms with E-state index in [0.29, 0.717) is 34.3 Å². The van der Waals surface area contributed by atoms with E-state index in [9.17, 15) is 4.39 Å². The molecule has 0 spiro atoms. The minimum Gasteiger partial charge on any atom is -0.495 e. The Morgan fingerprint density at radius 2 is 1.89 bits per heavy atom. The number of nitrogens with zero attached hydrogens (tertiary/aromatic N) is 4. The Labute approximate surface area is 275 Å². The van der Waals surface area contributed by atoms with Crippen LogP contribution in [0.2, 0.25) is 5.02 Å². The van der Waals surface area contributed by atoms with Gasteiger partial charge in [-0.2, -0.15) is 5.10 Å². The highest BCUT2D eigenvalue weighted by Gasteiger charge is 2.31. The van der Waals surface area contributed by atoms with Gasteiger partial charge in [0.15, 0.2) is 5.16 Å². The average molecular weight is 678 g/mol. The number of hydrazone groups is 1. The first-order valence-corrected chi connectivity index (χ1v) is 15.5. The molecule has 1 atom stereocenters. The van der Waals surface area contributed by atoms with Crippen molar-refractivity contribution in [2.24, 2.45) is 15.8 Å². The first-order chi connectivity index (χ1) is 21.3. The van der Waals surface area contributed by atoms with Gasteiger partial charge < -0.3 is 10.5 Å². The molecule has 0 bridgehead atoms. The van der Waals surface area contributed by atoms with Crippen molar-refractivity contribution in [2.75, 3.05) is 14.2 Å². The number of nitrogens with two attached hydrogens (primary N) is 1. The van der Waals surface area contributed by atoms with Crippen LogP contribution < -0.4 is 15.9 Å². The first-order valence-electron chi connectivity index (χ1n) is 14.1. The number of rotatable bonds is 10. The number of nitrogens with one attached hydrogen (secondary N) is 1. The van der Waals surface area contributed by atoms with Crippen LogP contribution in [0.4, 0.5) is 13.2 Å². The van der Waals surface area contributed by atoms with Crippen LogP contribution in [0.5, 0.6) is 5.75 Å². The predicted molar refractivity (Wildman–Crippen MR) is 177 cm³/mol. The fraction of sp³-hybridized carbons (Fsp3) is 0.281. The molecule has 5 rings (SSSR count). The van der Waals surface area contributed by atoms with Gasteiger partial charge >= 0.3 is 0 Å². The number of ether oxygens (including phenoxy) is 1. The summed E-state index contributed by atoms with van der Waals surface area (Å²) < 4.78 is 51.8. The molecular formula is C32H33Cl2F3N6OS. The summed E-state index contributed by atoms with van der Waals surface area (Å²) in [6, 6.07) is 14.6. The lowest BCUT2D eigenvalue weighted by Crippen LogP contribution is -2.26. The van der Waals surface area contributed by atoms with Crippen molar-refractivity contribution in [3.63, 3.8) is 0 Å². The molecule has 7 nitrogen and oxygen atoms in total. The van der Waals surface area contributed by atoms with Gasteiger partial charge in [-0.05, 0) is 91.8 Å². The number of fused-ring (bicyclic) bond motifs is 1. The van der Waals surface area contributed by atoms with Gasteiger partial charge in [0, 0.05) is 36.2 Å². The molecule has 13 heteroatoms. The molecule has 1 aliphatic rings. The number of methoxy groups -OCH3 is 1. The van der Waals surface area contributed by atoms with Crippen LogP contribution in [0.15, 0.2) is 69.8 Å². The predicted octanol–water partition coefficient (Wildman–Crippen LogP) is 7.59. The summed E-state index contributed by atoms with van der Waals surface area (Å²) in [5.41, 5.74) is 12.1. The number of aliphatic imine (C=N–C) groups is 1. The fourth-order valence-electron chi connectivity index (χ4n) is 5.29. The second-order valence-corrected chi connectivity index (χ2v) is 11.6. The molecule has 4 aromatic rings. The van der Waals surface area contributed by atoms with Crippen LogP contribution in [0.1, 0.15) is 53.3 Å². The Balaban J connectivity index is 0.00000461. The van der Waals surface area contributed by atoms with Crippen molar-refractivity contribution in [3.8, 4) is 11.4 Å². The monoisotopic (exact) mass is 676 g/mol. The van der Waals surface area contributed by atoms with E-state index in [2.05, 4.69) is 15.5 Å². The number of halogens is 5. The number of aromatic nitrogens is 2. The summed E-state index contributed by atoms with van der Waals surface area (Å²) in [6.07, 6.45) is 4.96. The zero-order valence-electron chi connectivity index (χ0n) is 24.7. The number of guanidine groups is 1. The Morgan fingerprint density at radius 1 is 1.16 bits per heavy atom. The van der Waals surface area contributed by atoms with Crippen molar-refractivity contribution in [2.45, 2.75) is 48.9 Å². The largest absolute Gasteiger partial charge is 0.495 e. The zero-order chi connectivity index (χ0) is 31.2.